The average molecular weight is 280 g/mol. The van der Waals surface area contributed by atoms with Gasteiger partial charge in [-0.3, -0.25) is 4.79 Å². The summed E-state index contributed by atoms with van der Waals surface area (Å²) in [7, 11) is 0. The summed E-state index contributed by atoms with van der Waals surface area (Å²) in [6.45, 7) is 3.50. The third-order valence-corrected chi connectivity index (χ3v) is 4.72. The van der Waals surface area contributed by atoms with Crippen molar-refractivity contribution in [1.82, 2.24) is 5.32 Å². The van der Waals surface area contributed by atoms with Gasteiger partial charge in [0.1, 0.15) is 0 Å². The second-order valence-electron chi connectivity index (χ2n) is 5.41. The van der Waals surface area contributed by atoms with E-state index in [0.29, 0.717) is 0 Å². The highest BCUT2D eigenvalue weighted by atomic mass is 32.1. The minimum Gasteiger partial charge on any atom is -0.325 e. The molecule has 0 radical (unpaired) electrons. The smallest absolute Gasteiger partial charge is 0.221 e. The molecule has 19 heavy (non-hydrogen) atoms. The molecule has 0 saturated heterocycles. The van der Waals surface area contributed by atoms with Crippen molar-refractivity contribution in [2.75, 3.05) is 11.9 Å². The van der Waals surface area contributed by atoms with Gasteiger partial charge >= 0.3 is 0 Å². The predicted octanol–water partition coefficient (Wildman–Crippen LogP) is 3.77. The van der Waals surface area contributed by atoms with Crippen molar-refractivity contribution >= 4 is 22.9 Å². The zero-order valence-corrected chi connectivity index (χ0v) is 12.5. The van der Waals surface area contributed by atoms with E-state index in [1.165, 1.54) is 43.4 Å². The Labute approximate surface area is 119 Å². The van der Waals surface area contributed by atoms with Crippen molar-refractivity contribution in [3.63, 3.8) is 0 Å². The van der Waals surface area contributed by atoms with Gasteiger partial charge in [-0.1, -0.05) is 32.1 Å². The molecule has 1 aromatic rings. The minimum atomic E-state index is 0.00172. The lowest BCUT2D eigenvalue weighted by atomic mass is 9.87. The maximum absolute atomic E-state index is 11.1. The highest BCUT2D eigenvalue weighted by Crippen LogP contribution is 2.26. The molecule has 0 atom stereocenters. The third kappa shape index (κ3) is 4.96. The second kappa shape index (κ2) is 7.65. The molecule has 1 saturated carbocycles. The zero-order valence-electron chi connectivity index (χ0n) is 11.7. The van der Waals surface area contributed by atoms with E-state index in [2.05, 4.69) is 10.6 Å². The maximum atomic E-state index is 11.1. The molecule has 1 fully saturated rings. The first-order chi connectivity index (χ1) is 9.25. The topological polar surface area (TPSA) is 41.1 Å². The molecule has 1 heterocycles. The number of nitrogens with one attached hydrogen (secondary N) is 2. The summed E-state index contributed by atoms with van der Waals surface area (Å²) in [6.07, 6.45) is 8.39. The summed E-state index contributed by atoms with van der Waals surface area (Å²) in [4.78, 5) is 12.3. The van der Waals surface area contributed by atoms with Crippen molar-refractivity contribution in [2.45, 2.75) is 52.0 Å². The van der Waals surface area contributed by atoms with Crippen LogP contribution in [0.1, 0.15) is 50.3 Å². The Bertz CT molecular complexity index is 397. The molecule has 2 rings (SSSR count). The molecule has 1 amide bonds. The summed E-state index contributed by atoms with van der Waals surface area (Å²) in [5.74, 6) is 0.932. The first kappa shape index (κ1) is 14.5. The summed E-state index contributed by atoms with van der Waals surface area (Å²) in [5.41, 5.74) is 0.961. The first-order valence-electron chi connectivity index (χ1n) is 7.30. The van der Waals surface area contributed by atoms with Crippen molar-refractivity contribution in [1.29, 1.82) is 0 Å². The quantitative estimate of drug-likeness (QED) is 0.779. The van der Waals surface area contributed by atoms with Gasteiger partial charge < -0.3 is 10.6 Å². The fourth-order valence-electron chi connectivity index (χ4n) is 2.76. The van der Waals surface area contributed by atoms with E-state index in [1.54, 1.807) is 18.3 Å². The average Bonchev–Trinajstić information content (AvgIpc) is 2.82. The van der Waals surface area contributed by atoms with Crippen LogP contribution in [0.15, 0.2) is 11.4 Å². The number of hydrogen-bond acceptors (Lipinski definition) is 3. The van der Waals surface area contributed by atoms with Crippen LogP contribution in [0.3, 0.4) is 0 Å². The van der Waals surface area contributed by atoms with E-state index in [0.717, 1.165) is 24.7 Å². The van der Waals surface area contributed by atoms with Crippen LogP contribution in [0.4, 0.5) is 5.69 Å². The third-order valence-electron chi connectivity index (χ3n) is 3.80. The molecule has 0 bridgehead atoms. The van der Waals surface area contributed by atoms with Gasteiger partial charge in [-0.05, 0) is 30.3 Å². The van der Waals surface area contributed by atoms with Gasteiger partial charge in [0, 0.05) is 18.3 Å². The molecular formula is C15H24N2OS. The predicted molar refractivity (Wildman–Crippen MR) is 81.5 cm³/mol. The Hall–Kier alpha value is -0.870. The number of carbonyl (C=O) groups is 1. The fourth-order valence-corrected chi connectivity index (χ4v) is 3.56. The van der Waals surface area contributed by atoms with Crippen LogP contribution >= 0.6 is 11.3 Å². The molecule has 3 nitrogen and oxygen atoms in total. The highest BCUT2D eigenvalue weighted by Gasteiger charge is 2.12. The molecule has 0 unspecified atom stereocenters. The summed E-state index contributed by atoms with van der Waals surface area (Å²) in [5, 5.41) is 8.41. The number of carbonyl (C=O) groups excluding carboxylic acids is 1. The minimum absolute atomic E-state index is 0.00172. The molecule has 1 aliphatic rings. The van der Waals surface area contributed by atoms with Gasteiger partial charge in [0.05, 0.1) is 5.69 Å². The molecule has 0 aliphatic heterocycles. The first-order valence-corrected chi connectivity index (χ1v) is 8.18. The standard InChI is InChI=1S/C15H24N2OS/c1-12(18)17-14-8-10-19-15(14)11-16-9-7-13-5-3-2-4-6-13/h8,10,13,16H,2-7,9,11H2,1H3,(H,17,18). The molecule has 106 valence electrons. The Morgan fingerprint density at radius 3 is 2.89 bits per heavy atom. The number of thiophene rings is 1. The van der Waals surface area contributed by atoms with Gasteiger partial charge in [0.15, 0.2) is 0 Å². The van der Waals surface area contributed by atoms with E-state index in [1.807, 2.05) is 11.4 Å². The van der Waals surface area contributed by atoms with Crippen molar-refractivity contribution in [2.24, 2.45) is 5.92 Å². The van der Waals surface area contributed by atoms with E-state index in [4.69, 9.17) is 0 Å². The van der Waals surface area contributed by atoms with Crippen LogP contribution in [0, 0.1) is 5.92 Å². The van der Waals surface area contributed by atoms with Crippen LogP contribution in [0.5, 0.6) is 0 Å². The number of rotatable bonds is 6. The summed E-state index contributed by atoms with van der Waals surface area (Å²) in [6, 6.07) is 1.98. The Morgan fingerprint density at radius 2 is 2.16 bits per heavy atom. The Balaban J connectivity index is 1.67. The Kier molecular flexibility index (Phi) is 5.86. The largest absolute Gasteiger partial charge is 0.325 e. The monoisotopic (exact) mass is 280 g/mol. The molecule has 4 heteroatoms. The molecule has 0 spiro atoms. The van der Waals surface area contributed by atoms with Crippen molar-refractivity contribution in [3.05, 3.63) is 16.3 Å². The molecule has 1 aromatic heterocycles. The van der Waals surface area contributed by atoms with Gasteiger partial charge in [0.25, 0.3) is 0 Å². The van der Waals surface area contributed by atoms with E-state index in [-0.39, 0.29) is 5.91 Å². The molecule has 1 aliphatic carbocycles. The van der Waals surface area contributed by atoms with E-state index < -0.39 is 0 Å². The van der Waals surface area contributed by atoms with Gasteiger partial charge in [-0.2, -0.15) is 0 Å². The summed E-state index contributed by atoms with van der Waals surface area (Å²) < 4.78 is 0. The van der Waals surface area contributed by atoms with Crippen LogP contribution in [-0.4, -0.2) is 12.5 Å². The van der Waals surface area contributed by atoms with Crippen LogP contribution < -0.4 is 10.6 Å². The van der Waals surface area contributed by atoms with Crippen LogP contribution in [0.2, 0.25) is 0 Å². The zero-order chi connectivity index (χ0) is 13.5. The maximum Gasteiger partial charge on any atom is 0.221 e. The number of anilines is 1. The molecule has 2 N–H and O–H groups in total. The fraction of sp³-hybridized carbons (Fsp3) is 0.667. The van der Waals surface area contributed by atoms with Crippen molar-refractivity contribution < 1.29 is 4.79 Å². The molecular weight excluding hydrogens is 256 g/mol. The molecule has 0 aromatic carbocycles. The second-order valence-corrected chi connectivity index (χ2v) is 6.41. The highest BCUT2D eigenvalue weighted by molar-refractivity contribution is 7.10. The van der Waals surface area contributed by atoms with Crippen LogP contribution in [-0.2, 0) is 11.3 Å². The summed E-state index contributed by atoms with van der Waals surface area (Å²) >= 11 is 1.70. The van der Waals surface area contributed by atoms with Gasteiger partial charge in [0.2, 0.25) is 5.91 Å². The normalized spacial score (nSPS) is 16.5. The lowest BCUT2D eigenvalue weighted by molar-refractivity contribution is -0.114. The van der Waals surface area contributed by atoms with E-state index in [9.17, 15) is 4.79 Å². The van der Waals surface area contributed by atoms with Crippen LogP contribution in [0.25, 0.3) is 0 Å². The van der Waals surface area contributed by atoms with Gasteiger partial charge in [-0.15, -0.1) is 11.3 Å². The lowest BCUT2D eigenvalue weighted by Gasteiger charge is -2.21. The number of amides is 1. The van der Waals surface area contributed by atoms with Crippen molar-refractivity contribution in [3.8, 4) is 0 Å². The lowest BCUT2D eigenvalue weighted by Crippen LogP contribution is -2.19. The van der Waals surface area contributed by atoms with Gasteiger partial charge in [-0.25, -0.2) is 0 Å². The van der Waals surface area contributed by atoms with E-state index >= 15 is 0 Å². The SMILES string of the molecule is CC(=O)Nc1ccsc1CNCCC1CCCCC1. The Morgan fingerprint density at radius 1 is 1.37 bits per heavy atom. The number of hydrogen-bond donors (Lipinski definition) is 2.